The van der Waals surface area contributed by atoms with Gasteiger partial charge in [-0.2, -0.15) is 0 Å². The molecule has 2 rings (SSSR count). The van der Waals surface area contributed by atoms with E-state index in [-0.39, 0.29) is 12.1 Å². The molecule has 0 aliphatic rings. The van der Waals surface area contributed by atoms with Crippen molar-refractivity contribution in [2.75, 3.05) is 0 Å². The number of halogens is 1. The summed E-state index contributed by atoms with van der Waals surface area (Å²) >= 11 is 5.94. The van der Waals surface area contributed by atoms with Crippen LogP contribution in [-0.2, 0) is 0 Å². The minimum absolute atomic E-state index is 0.227. The topological polar surface area (TPSA) is 52.0 Å². The summed E-state index contributed by atoms with van der Waals surface area (Å²) in [6.45, 7) is 0. The Morgan fingerprint density at radius 1 is 0.765 bits per heavy atom. The van der Waals surface area contributed by atoms with Crippen LogP contribution in [0.25, 0.3) is 0 Å². The van der Waals surface area contributed by atoms with Crippen LogP contribution in [0.4, 0.5) is 0 Å². The van der Waals surface area contributed by atoms with Crippen LogP contribution < -0.4 is 11.5 Å². The van der Waals surface area contributed by atoms with E-state index in [9.17, 15) is 0 Å². The van der Waals surface area contributed by atoms with Gasteiger partial charge in [0.1, 0.15) is 0 Å². The van der Waals surface area contributed by atoms with Crippen molar-refractivity contribution < 1.29 is 0 Å². The highest BCUT2D eigenvalue weighted by Gasteiger charge is 2.16. The number of rotatable bonds is 3. The van der Waals surface area contributed by atoms with Gasteiger partial charge in [-0.1, -0.05) is 54.1 Å². The Kier molecular flexibility index (Phi) is 3.79. The summed E-state index contributed by atoms with van der Waals surface area (Å²) in [5.41, 5.74) is 14.3. The van der Waals surface area contributed by atoms with Gasteiger partial charge in [0.2, 0.25) is 0 Å². The second-order valence-corrected chi connectivity index (χ2v) is 4.45. The number of hydrogen-bond acceptors (Lipinski definition) is 2. The molecule has 2 nitrogen and oxygen atoms in total. The van der Waals surface area contributed by atoms with Crippen molar-refractivity contribution >= 4 is 11.6 Å². The minimum atomic E-state index is -0.254. The van der Waals surface area contributed by atoms with E-state index < -0.39 is 0 Å². The molecule has 0 saturated heterocycles. The fraction of sp³-hybridized carbons (Fsp3) is 0.143. The Labute approximate surface area is 106 Å². The van der Waals surface area contributed by atoms with Gasteiger partial charge in [0.25, 0.3) is 0 Å². The van der Waals surface area contributed by atoms with Gasteiger partial charge in [0, 0.05) is 17.1 Å². The maximum absolute atomic E-state index is 6.16. The summed E-state index contributed by atoms with van der Waals surface area (Å²) in [7, 11) is 0. The van der Waals surface area contributed by atoms with Gasteiger partial charge in [-0.3, -0.25) is 0 Å². The third-order valence-electron chi connectivity index (χ3n) is 2.80. The van der Waals surface area contributed by atoms with Crippen LogP contribution in [0.2, 0.25) is 5.02 Å². The molecule has 0 bridgehead atoms. The van der Waals surface area contributed by atoms with E-state index in [0.717, 1.165) is 11.1 Å². The van der Waals surface area contributed by atoms with Crippen LogP contribution in [-0.4, -0.2) is 0 Å². The van der Waals surface area contributed by atoms with Crippen LogP contribution in [0.1, 0.15) is 23.2 Å². The molecule has 0 unspecified atom stereocenters. The maximum atomic E-state index is 6.16. The van der Waals surface area contributed by atoms with Gasteiger partial charge < -0.3 is 11.5 Å². The largest absolute Gasteiger partial charge is 0.322 e. The monoisotopic (exact) mass is 246 g/mol. The first kappa shape index (κ1) is 12.1. The van der Waals surface area contributed by atoms with E-state index in [1.165, 1.54) is 0 Å². The summed E-state index contributed by atoms with van der Waals surface area (Å²) in [4.78, 5) is 0. The van der Waals surface area contributed by atoms with E-state index in [4.69, 9.17) is 23.1 Å². The summed E-state index contributed by atoms with van der Waals surface area (Å²) < 4.78 is 0. The van der Waals surface area contributed by atoms with Crippen molar-refractivity contribution in [1.29, 1.82) is 0 Å². The molecular formula is C14H15ClN2. The van der Waals surface area contributed by atoms with Crippen LogP contribution in [0.3, 0.4) is 0 Å². The van der Waals surface area contributed by atoms with Crippen LogP contribution in [0.5, 0.6) is 0 Å². The molecule has 4 N–H and O–H groups in total. The zero-order chi connectivity index (χ0) is 12.3. The summed E-state index contributed by atoms with van der Waals surface area (Å²) in [5, 5.41) is 0.679. The number of benzene rings is 2. The fourth-order valence-electron chi connectivity index (χ4n) is 1.80. The third kappa shape index (κ3) is 2.86. The molecule has 88 valence electrons. The molecule has 0 aliphatic heterocycles. The lowest BCUT2D eigenvalue weighted by Crippen LogP contribution is -2.26. The molecule has 0 spiro atoms. The van der Waals surface area contributed by atoms with Gasteiger partial charge in [0.05, 0.1) is 0 Å². The fourth-order valence-corrected chi connectivity index (χ4v) is 2.00. The van der Waals surface area contributed by atoms with Gasteiger partial charge in [0.15, 0.2) is 0 Å². The van der Waals surface area contributed by atoms with Crippen LogP contribution in [0, 0.1) is 0 Å². The van der Waals surface area contributed by atoms with Crippen LogP contribution >= 0.6 is 11.6 Å². The standard InChI is InChI=1S/C14H15ClN2/c15-12-8-4-7-11(9-12)14(17)13(16)10-5-2-1-3-6-10/h1-9,13-14H,16-17H2/t13-,14+/m1/s1. The smallest absolute Gasteiger partial charge is 0.0491 e. The van der Waals surface area contributed by atoms with E-state index >= 15 is 0 Å². The lowest BCUT2D eigenvalue weighted by Gasteiger charge is -2.20. The lowest BCUT2D eigenvalue weighted by atomic mass is 9.95. The van der Waals surface area contributed by atoms with E-state index in [0.29, 0.717) is 5.02 Å². The van der Waals surface area contributed by atoms with Crippen LogP contribution in [0.15, 0.2) is 54.6 Å². The zero-order valence-corrected chi connectivity index (χ0v) is 10.1. The second-order valence-electron chi connectivity index (χ2n) is 4.02. The van der Waals surface area contributed by atoms with E-state index in [2.05, 4.69) is 0 Å². The summed E-state index contributed by atoms with van der Waals surface area (Å²) in [6.07, 6.45) is 0. The highest BCUT2D eigenvalue weighted by atomic mass is 35.5. The van der Waals surface area contributed by atoms with E-state index in [1.54, 1.807) is 0 Å². The molecule has 0 fully saturated rings. The highest BCUT2D eigenvalue weighted by molar-refractivity contribution is 6.30. The first-order valence-corrected chi connectivity index (χ1v) is 5.88. The molecule has 0 heterocycles. The minimum Gasteiger partial charge on any atom is -0.322 e. The Balaban J connectivity index is 2.23. The van der Waals surface area contributed by atoms with E-state index in [1.807, 2.05) is 54.6 Å². The molecular weight excluding hydrogens is 232 g/mol. The molecule has 0 aliphatic carbocycles. The van der Waals surface area contributed by atoms with Gasteiger partial charge in [-0.05, 0) is 23.3 Å². The second kappa shape index (κ2) is 5.32. The van der Waals surface area contributed by atoms with Crippen molar-refractivity contribution in [3.05, 3.63) is 70.7 Å². The van der Waals surface area contributed by atoms with Gasteiger partial charge in [-0.25, -0.2) is 0 Å². The molecule has 0 aromatic heterocycles. The quantitative estimate of drug-likeness (QED) is 0.875. The molecule has 0 amide bonds. The molecule has 2 atom stereocenters. The third-order valence-corrected chi connectivity index (χ3v) is 3.04. The average Bonchev–Trinajstić information content (AvgIpc) is 2.38. The molecule has 0 radical (unpaired) electrons. The SMILES string of the molecule is N[C@H](c1ccccc1)[C@@H](N)c1cccc(Cl)c1. The van der Waals surface area contributed by atoms with Crippen molar-refractivity contribution in [1.82, 2.24) is 0 Å². The molecule has 3 heteroatoms. The maximum Gasteiger partial charge on any atom is 0.0491 e. The summed E-state index contributed by atoms with van der Waals surface area (Å²) in [5.74, 6) is 0. The predicted molar refractivity (Wildman–Crippen MR) is 71.8 cm³/mol. The first-order valence-electron chi connectivity index (χ1n) is 5.50. The zero-order valence-electron chi connectivity index (χ0n) is 9.38. The van der Waals surface area contributed by atoms with Gasteiger partial charge >= 0.3 is 0 Å². The Morgan fingerprint density at radius 3 is 2.00 bits per heavy atom. The summed E-state index contributed by atoms with van der Waals surface area (Å²) in [6, 6.07) is 16.9. The molecule has 2 aromatic carbocycles. The Morgan fingerprint density at radius 2 is 1.35 bits per heavy atom. The lowest BCUT2D eigenvalue weighted by molar-refractivity contribution is 0.574. The average molecular weight is 247 g/mol. The normalized spacial score (nSPS) is 14.3. The van der Waals surface area contributed by atoms with Crippen molar-refractivity contribution in [2.24, 2.45) is 11.5 Å². The highest BCUT2D eigenvalue weighted by Crippen LogP contribution is 2.25. The van der Waals surface area contributed by atoms with Gasteiger partial charge in [-0.15, -0.1) is 0 Å². The molecule has 0 saturated carbocycles. The Bertz CT molecular complexity index is 485. The van der Waals surface area contributed by atoms with Crippen molar-refractivity contribution in [2.45, 2.75) is 12.1 Å². The molecule has 2 aromatic rings. The number of hydrogen-bond donors (Lipinski definition) is 2. The molecule has 17 heavy (non-hydrogen) atoms. The van der Waals surface area contributed by atoms with Crippen molar-refractivity contribution in [3.8, 4) is 0 Å². The Hall–Kier alpha value is -1.35. The van der Waals surface area contributed by atoms with Crippen molar-refractivity contribution in [3.63, 3.8) is 0 Å². The first-order chi connectivity index (χ1) is 8.18. The number of nitrogens with two attached hydrogens (primary N) is 2. The predicted octanol–water partition coefficient (Wildman–Crippen LogP) is 3.04.